The van der Waals surface area contributed by atoms with Crippen LogP contribution >= 0.6 is 0 Å². The number of aliphatic hydroxyl groups is 1. The molecule has 1 atom stereocenters. The summed E-state index contributed by atoms with van der Waals surface area (Å²) in [6, 6.07) is 0. The van der Waals surface area contributed by atoms with E-state index in [1.807, 2.05) is 0 Å². The minimum atomic E-state index is -0.391. The Hall–Kier alpha value is -0.610. The largest absolute Gasteiger partial charge is 0.393 e. The van der Waals surface area contributed by atoms with Crippen molar-refractivity contribution in [2.75, 3.05) is 6.54 Å². The highest BCUT2D eigenvalue weighted by Gasteiger charge is 2.24. The maximum atomic E-state index is 11.8. The van der Waals surface area contributed by atoms with Gasteiger partial charge in [-0.05, 0) is 44.9 Å². The van der Waals surface area contributed by atoms with Gasteiger partial charge in [0.1, 0.15) is 6.10 Å². The third kappa shape index (κ3) is 5.83. The van der Waals surface area contributed by atoms with Gasteiger partial charge in [-0.25, -0.2) is 0 Å². The van der Waals surface area contributed by atoms with Crippen molar-refractivity contribution in [2.45, 2.75) is 71.2 Å². The van der Waals surface area contributed by atoms with Crippen molar-refractivity contribution in [3.05, 3.63) is 0 Å². The number of carbonyl (C=O) groups is 1. The van der Waals surface area contributed by atoms with Gasteiger partial charge in [0.2, 0.25) is 5.91 Å². The lowest BCUT2D eigenvalue weighted by atomic mass is 9.95. The van der Waals surface area contributed by atoms with Gasteiger partial charge in [-0.1, -0.05) is 13.8 Å². The zero-order valence-electron chi connectivity index (χ0n) is 11.8. The molecule has 4 nitrogen and oxygen atoms in total. The number of hydrogen-bond donors (Lipinski definition) is 2. The Labute approximate surface area is 110 Å². The van der Waals surface area contributed by atoms with E-state index in [0.29, 0.717) is 12.5 Å². The SMILES string of the molecule is CC(C)CCNC(=O)C(C)OC1CCC(O)CC1. The Kier molecular flexibility index (Phi) is 6.65. The van der Waals surface area contributed by atoms with Crippen LogP contribution in [-0.4, -0.2) is 35.9 Å². The number of hydrogen-bond acceptors (Lipinski definition) is 3. The molecule has 4 heteroatoms. The second-order valence-corrected chi connectivity index (χ2v) is 5.68. The molecule has 1 aliphatic carbocycles. The molecule has 0 spiro atoms. The van der Waals surface area contributed by atoms with Crippen molar-refractivity contribution in [2.24, 2.45) is 5.92 Å². The molecule has 1 fully saturated rings. The number of ether oxygens (including phenoxy) is 1. The van der Waals surface area contributed by atoms with Crippen LogP contribution in [0.5, 0.6) is 0 Å². The lowest BCUT2D eigenvalue weighted by molar-refractivity contribution is -0.137. The van der Waals surface area contributed by atoms with E-state index in [9.17, 15) is 9.90 Å². The molecule has 106 valence electrons. The van der Waals surface area contributed by atoms with Crippen LogP contribution in [0.1, 0.15) is 52.9 Å². The van der Waals surface area contributed by atoms with Gasteiger partial charge in [0, 0.05) is 6.54 Å². The number of aliphatic hydroxyl groups excluding tert-OH is 1. The second kappa shape index (κ2) is 7.74. The summed E-state index contributed by atoms with van der Waals surface area (Å²) in [7, 11) is 0. The van der Waals surface area contributed by atoms with E-state index in [-0.39, 0.29) is 18.1 Å². The Balaban J connectivity index is 2.18. The zero-order chi connectivity index (χ0) is 13.5. The minimum Gasteiger partial charge on any atom is -0.393 e. The van der Waals surface area contributed by atoms with Crippen molar-refractivity contribution in [3.63, 3.8) is 0 Å². The van der Waals surface area contributed by atoms with Crippen LogP contribution in [0, 0.1) is 5.92 Å². The van der Waals surface area contributed by atoms with Crippen molar-refractivity contribution >= 4 is 5.91 Å². The van der Waals surface area contributed by atoms with E-state index in [4.69, 9.17) is 4.74 Å². The van der Waals surface area contributed by atoms with Crippen molar-refractivity contribution < 1.29 is 14.6 Å². The van der Waals surface area contributed by atoms with Crippen LogP contribution in [0.3, 0.4) is 0 Å². The van der Waals surface area contributed by atoms with Gasteiger partial charge in [0.25, 0.3) is 0 Å². The van der Waals surface area contributed by atoms with E-state index in [2.05, 4.69) is 19.2 Å². The molecule has 0 aliphatic heterocycles. The standard InChI is InChI=1S/C14H27NO3/c1-10(2)8-9-15-14(17)11(3)18-13-6-4-12(16)5-7-13/h10-13,16H,4-9H2,1-3H3,(H,15,17). The summed E-state index contributed by atoms with van der Waals surface area (Å²) in [6.45, 7) is 6.79. The van der Waals surface area contributed by atoms with E-state index in [0.717, 1.165) is 32.1 Å². The maximum Gasteiger partial charge on any atom is 0.248 e. The molecule has 0 heterocycles. The Morgan fingerprint density at radius 3 is 2.44 bits per heavy atom. The highest BCUT2D eigenvalue weighted by Crippen LogP contribution is 2.22. The van der Waals surface area contributed by atoms with Gasteiger partial charge in [-0.3, -0.25) is 4.79 Å². The molecule has 0 radical (unpaired) electrons. The topological polar surface area (TPSA) is 58.6 Å². The molecule has 0 aromatic heterocycles. The molecule has 2 N–H and O–H groups in total. The molecule has 0 saturated heterocycles. The molecule has 1 saturated carbocycles. The van der Waals surface area contributed by atoms with Crippen LogP contribution in [0.25, 0.3) is 0 Å². The summed E-state index contributed by atoms with van der Waals surface area (Å²) < 4.78 is 5.74. The second-order valence-electron chi connectivity index (χ2n) is 5.68. The van der Waals surface area contributed by atoms with Gasteiger partial charge < -0.3 is 15.2 Å². The first-order chi connectivity index (χ1) is 8.49. The molecule has 0 bridgehead atoms. The fourth-order valence-corrected chi connectivity index (χ4v) is 2.16. The van der Waals surface area contributed by atoms with Crippen LogP contribution in [-0.2, 0) is 9.53 Å². The van der Waals surface area contributed by atoms with Crippen LogP contribution in [0.2, 0.25) is 0 Å². The lowest BCUT2D eigenvalue weighted by Crippen LogP contribution is -2.38. The Morgan fingerprint density at radius 1 is 1.28 bits per heavy atom. The first-order valence-electron chi connectivity index (χ1n) is 7.10. The first-order valence-corrected chi connectivity index (χ1v) is 7.10. The summed E-state index contributed by atoms with van der Waals surface area (Å²) in [5.41, 5.74) is 0. The molecular weight excluding hydrogens is 230 g/mol. The normalized spacial score (nSPS) is 26.1. The molecule has 0 aromatic carbocycles. The Morgan fingerprint density at radius 2 is 1.89 bits per heavy atom. The first kappa shape index (κ1) is 15.4. The minimum absolute atomic E-state index is 0.0261. The van der Waals surface area contributed by atoms with E-state index < -0.39 is 6.10 Å². The fourth-order valence-electron chi connectivity index (χ4n) is 2.16. The van der Waals surface area contributed by atoms with Gasteiger partial charge in [0.15, 0.2) is 0 Å². The summed E-state index contributed by atoms with van der Waals surface area (Å²) in [5, 5.41) is 12.3. The van der Waals surface area contributed by atoms with Crippen molar-refractivity contribution in [1.82, 2.24) is 5.32 Å². The van der Waals surface area contributed by atoms with Crippen LogP contribution < -0.4 is 5.32 Å². The zero-order valence-corrected chi connectivity index (χ0v) is 11.8. The van der Waals surface area contributed by atoms with Crippen molar-refractivity contribution in [1.29, 1.82) is 0 Å². The Bertz CT molecular complexity index is 247. The van der Waals surface area contributed by atoms with Gasteiger partial charge in [-0.2, -0.15) is 0 Å². The average Bonchev–Trinajstić information content (AvgIpc) is 2.31. The molecule has 1 amide bonds. The summed E-state index contributed by atoms with van der Waals surface area (Å²) >= 11 is 0. The molecular formula is C14H27NO3. The monoisotopic (exact) mass is 257 g/mol. The molecule has 1 rings (SSSR count). The summed E-state index contributed by atoms with van der Waals surface area (Å²) in [5.74, 6) is 0.572. The number of rotatable bonds is 6. The highest BCUT2D eigenvalue weighted by molar-refractivity contribution is 5.80. The smallest absolute Gasteiger partial charge is 0.248 e. The van der Waals surface area contributed by atoms with E-state index >= 15 is 0 Å². The highest BCUT2D eigenvalue weighted by atomic mass is 16.5. The summed E-state index contributed by atoms with van der Waals surface area (Å²) in [6.07, 6.45) is 3.82. The van der Waals surface area contributed by atoms with Crippen molar-refractivity contribution in [3.8, 4) is 0 Å². The predicted molar refractivity (Wildman–Crippen MR) is 71.3 cm³/mol. The quantitative estimate of drug-likeness (QED) is 0.763. The van der Waals surface area contributed by atoms with Crippen LogP contribution in [0.4, 0.5) is 0 Å². The molecule has 18 heavy (non-hydrogen) atoms. The predicted octanol–water partition coefficient (Wildman–Crippen LogP) is 1.86. The molecule has 1 aliphatic rings. The third-order valence-corrected chi connectivity index (χ3v) is 3.43. The average molecular weight is 257 g/mol. The third-order valence-electron chi connectivity index (χ3n) is 3.43. The number of carbonyl (C=O) groups excluding carboxylic acids is 1. The van der Waals surface area contributed by atoms with E-state index in [1.54, 1.807) is 6.92 Å². The number of amides is 1. The van der Waals surface area contributed by atoms with Gasteiger partial charge in [0.05, 0.1) is 12.2 Å². The maximum absolute atomic E-state index is 11.8. The molecule has 1 unspecified atom stereocenters. The van der Waals surface area contributed by atoms with E-state index in [1.165, 1.54) is 0 Å². The van der Waals surface area contributed by atoms with Gasteiger partial charge in [-0.15, -0.1) is 0 Å². The lowest BCUT2D eigenvalue weighted by Gasteiger charge is -2.27. The summed E-state index contributed by atoms with van der Waals surface area (Å²) in [4.78, 5) is 11.8. The van der Waals surface area contributed by atoms with Gasteiger partial charge >= 0.3 is 0 Å². The molecule has 0 aromatic rings. The van der Waals surface area contributed by atoms with Crippen LogP contribution in [0.15, 0.2) is 0 Å². The number of nitrogens with one attached hydrogen (secondary N) is 1. The fraction of sp³-hybridized carbons (Fsp3) is 0.929.